The van der Waals surface area contributed by atoms with E-state index in [1.807, 2.05) is 6.92 Å². The van der Waals surface area contributed by atoms with Crippen LogP contribution in [0.5, 0.6) is 0 Å². The van der Waals surface area contributed by atoms with E-state index in [9.17, 15) is 14.3 Å². The summed E-state index contributed by atoms with van der Waals surface area (Å²) in [6.45, 7) is 5.57. The van der Waals surface area contributed by atoms with Crippen molar-refractivity contribution < 1.29 is 37.9 Å². The molecule has 0 bridgehead atoms. The Morgan fingerprint density at radius 2 is 1.19 bits per heavy atom. The summed E-state index contributed by atoms with van der Waals surface area (Å²) in [5.74, 6) is -0.103. The average molecular weight is 469 g/mol. The molecule has 0 spiro atoms. The lowest BCUT2D eigenvalue weighted by Crippen LogP contribution is -2.12. The van der Waals surface area contributed by atoms with Gasteiger partial charge in [-0.15, -0.1) is 0 Å². The Labute approximate surface area is 188 Å². The van der Waals surface area contributed by atoms with Gasteiger partial charge in [0.15, 0.2) is 0 Å². The highest BCUT2D eigenvalue weighted by Gasteiger charge is 2.17. The Balaban J connectivity index is 3.36. The fraction of sp³-hybridized carbons (Fsp3) is 0.955. The van der Waals surface area contributed by atoms with Crippen molar-refractivity contribution in [3.05, 3.63) is 0 Å². The maximum atomic E-state index is 12.2. The van der Waals surface area contributed by atoms with E-state index in [-0.39, 0.29) is 18.7 Å². The average Bonchev–Trinajstić information content (AvgIpc) is 2.73. The predicted octanol–water partition coefficient (Wildman–Crippen LogP) is 4.03. The Morgan fingerprint density at radius 3 is 1.74 bits per heavy atom. The number of hydrogen-bond acceptors (Lipinski definition) is 7. The van der Waals surface area contributed by atoms with Crippen molar-refractivity contribution >= 4 is 13.3 Å². The van der Waals surface area contributed by atoms with Crippen molar-refractivity contribution in [2.24, 2.45) is 0 Å². The molecule has 0 aliphatic carbocycles. The highest BCUT2D eigenvalue weighted by atomic mass is 31.2. The van der Waals surface area contributed by atoms with Crippen molar-refractivity contribution in [3.8, 4) is 0 Å². The monoisotopic (exact) mass is 468 g/mol. The molecule has 0 heterocycles. The summed E-state index contributed by atoms with van der Waals surface area (Å²) < 4.78 is 37.9. The number of esters is 1. The summed E-state index contributed by atoms with van der Waals surface area (Å²) in [7, 11) is -1.47. The van der Waals surface area contributed by atoms with Crippen LogP contribution in [0.4, 0.5) is 0 Å². The third-order valence-corrected chi connectivity index (χ3v) is 6.60. The quantitative estimate of drug-likeness (QED) is 0.129. The molecule has 0 radical (unpaired) electrons. The van der Waals surface area contributed by atoms with Crippen molar-refractivity contribution in [3.63, 3.8) is 0 Å². The smallest absolute Gasteiger partial charge is 0.305 e. The molecule has 0 saturated carbocycles. The Morgan fingerprint density at radius 1 is 0.710 bits per heavy atom. The van der Waals surface area contributed by atoms with E-state index in [4.69, 9.17) is 23.7 Å². The molecule has 9 heteroatoms. The van der Waals surface area contributed by atoms with Crippen LogP contribution < -0.4 is 0 Å². The predicted molar refractivity (Wildman–Crippen MR) is 122 cm³/mol. The summed E-state index contributed by atoms with van der Waals surface area (Å²) in [6, 6.07) is 0. The highest BCUT2D eigenvalue weighted by molar-refractivity contribution is 7.58. The highest BCUT2D eigenvalue weighted by Crippen LogP contribution is 2.41. The minimum atomic E-state index is -3.10. The molecule has 1 unspecified atom stereocenters. The molecule has 0 aromatic heterocycles. The molecular formula is C22H45O8P. The lowest BCUT2D eigenvalue weighted by atomic mass is 10.1. The fourth-order valence-corrected chi connectivity index (χ4v) is 4.28. The molecule has 0 aromatic rings. The molecule has 8 nitrogen and oxygen atoms in total. The van der Waals surface area contributed by atoms with Gasteiger partial charge in [0.1, 0.15) is 0 Å². The van der Waals surface area contributed by atoms with Gasteiger partial charge in [-0.05, 0) is 19.8 Å². The van der Waals surface area contributed by atoms with Crippen molar-refractivity contribution in [2.75, 3.05) is 72.3 Å². The molecule has 0 fully saturated rings. The minimum absolute atomic E-state index is 0.103. The van der Waals surface area contributed by atoms with Gasteiger partial charge in [-0.2, -0.15) is 0 Å². The first-order valence-electron chi connectivity index (χ1n) is 11.7. The lowest BCUT2D eigenvalue weighted by molar-refractivity contribution is -0.143. The van der Waals surface area contributed by atoms with Crippen LogP contribution in [-0.2, 0) is 33.0 Å². The Kier molecular flexibility index (Phi) is 22.3. The van der Waals surface area contributed by atoms with Crippen LogP contribution in [0.1, 0.15) is 64.7 Å². The zero-order valence-electron chi connectivity index (χ0n) is 19.7. The summed E-state index contributed by atoms with van der Waals surface area (Å²) in [5, 5.41) is 0. The number of carbonyl (C=O) groups is 1. The van der Waals surface area contributed by atoms with Gasteiger partial charge < -0.3 is 28.6 Å². The number of methoxy groups -OCH3 is 1. The van der Waals surface area contributed by atoms with Crippen molar-refractivity contribution in [1.29, 1.82) is 0 Å². The van der Waals surface area contributed by atoms with Crippen LogP contribution in [-0.4, -0.2) is 83.2 Å². The summed E-state index contributed by atoms with van der Waals surface area (Å²) >= 11 is 0. The molecular weight excluding hydrogens is 423 g/mol. The number of ether oxygens (including phenoxy) is 5. The molecule has 0 aliphatic rings. The minimum Gasteiger partial charge on any atom is -0.466 e. The van der Waals surface area contributed by atoms with E-state index >= 15 is 0 Å². The van der Waals surface area contributed by atoms with Gasteiger partial charge >= 0.3 is 5.97 Å². The second-order valence-corrected chi connectivity index (χ2v) is 10.1. The van der Waals surface area contributed by atoms with Gasteiger partial charge in [0.05, 0.1) is 52.9 Å². The van der Waals surface area contributed by atoms with E-state index in [1.54, 1.807) is 7.11 Å². The maximum Gasteiger partial charge on any atom is 0.305 e. The zero-order valence-corrected chi connectivity index (χ0v) is 20.6. The van der Waals surface area contributed by atoms with Crippen LogP contribution in [0.15, 0.2) is 0 Å². The summed E-state index contributed by atoms with van der Waals surface area (Å²) in [5.41, 5.74) is 0. The molecule has 1 atom stereocenters. The molecule has 0 rings (SSSR count). The topological polar surface area (TPSA) is 101 Å². The maximum absolute atomic E-state index is 12.2. The van der Waals surface area contributed by atoms with Gasteiger partial charge in [0, 0.05) is 25.9 Å². The number of carbonyl (C=O) groups excluding carboxylic acids is 1. The van der Waals surface area contributed by atoms with Crippen LogP contribution in [0.2, 0.25) is 0 Å². The molecule has 0 saturated heterocycles. The first-order chi connectivity index (χ1) is 15.0. The van der Waals surface area contributed by atoms with Gasteiger partial charge in [0.2, 0.25) is 7.37 Å². The molecule has 31 heavy (non-hydrogen) atoms. The molecule has 0 amide bonds. The standard InChI is InChI=1S/C22H45O8P/c1-3-30-22(23)12-10-8-6-4-5-7-9-11-20-31(24,25)21-19-29-18-17-28-16-15-27-14-13-26-2/h3-21H2,1-2H3,(H,24,25). The Hall–Kier alpha value is -0.500. The largest absolute Gasteiger partial charge is 0.466 e. The first-order valence-corrected chi connectivity index (χ1v) is 13.7. The second kappa shape index (κ2) is 22.7. The van der Waals surface area contributed by atoms with Crippen molar-refractivity contribution in [2.45, 2.75) is 64.7 Å². The van der Waals surface area contributed by atoms with E-state index in [2.05, 4.69) is 0 Å². The van der Waals surface area contributed by atoms with Gasteiger partial charge in [-0.3, -0.25) is 9.36 Å². The van der Waals surface area contributed by atoms with Crippen molar-refractivity contribution in [1.82, 2.24) is 0 Å². The number of rotatable bonds is 24. The number of unbranched alkanes of at least 4 members (excludes halogenated alkanes) is 7. The molecule has 186 valence electrons. The van der Waals surface area contributed by atoms with Crippen LogP contribution in [0, 0.1) is 0 Å². The Bertz CT molecular complexity index is 447. The normalized spacial score (nSPS) is 13.3. The summed E-state index contributed by atoms with van der Waals surface area (Å²) in [4.78, 5) is 21.2. The molecule has 0 aliphatic heterocycles. The van der Waals surface area contributed by atoms with E-state index < -0.39 is 7.37 Å². The van der Waals surface area contributed by atoms with Crippen LogP contribution >= 0.6 is 7.37 Å². The van der Waals surface area contributed by atoms with Crippen LogP contribution in [0.25, 0.3) is 0 Å². The van der Waals surface area contributed by atoms with Gasteiger partial charge in [-0.25, -0.2) is 0 Å². The van der Waals surface area contributed by atoms with E-state index in [0.29, 0.717) is 58.8 Å². The first kappa shape index (κ1) is 30.5. The fourth-order valence-electron chi connectivity index (χ4n) is 2.93. The number of hydrogen-bond donors (Lipinski definition) is 1. The van der Waals surface area contributed by atoms with E-state index in [1.165, 1.54) is 0 Å². The molecule has 1 N–H and O–H groups in total. The lowest BCUT2D eigenvalue weighted by Gasteiger charge is -2.12. The third kappa shape index (κ3) is 24.0. The van der Waals surface area contributed by atoms with Gasteiger partial charge in [0.25, 0.3) is 0 Å². The third-order valence-electron chi connectivity index (χ3n) is 4.70. The van der Waals surface area contributed by atoms with Crippen LogP contribution in [0.3, 0.4) is 0 Å². The SMILES string of the molecule is CCOC(=O)CCCCCCCCCCP(=O)(O)CCOCCOCCOCCOC. The van der Waals surface area contributed by atoms with E-state index in [0.717, 1.165) is 51.4 Å². The zero-order chi connectivity index (χ0) is 23.0. The van der Waals surface area contributed by atoms with Gasteiger partial charge in [-0.1, -0.05) is 38.5 Å². The second-order valence-electron chi connectivity index (χ2n) is 7.51. The summed E-state index contributed by atoms with van der Waals surface area (Å²) in [6.07, 6.45) is 9.28. The molecule has 0 aromatic carbocycles.